The van der Waals surface area contributed by atoms with Gasteiger partial charge in [-0.3, -0.25) is 9.59 Å². The first-order valence-electron chi connectivity index (χ1n) is 11.0. The van der Waals surface area contributed by atoms with E-state index >= 15 is 0 Å². The molecular weight excluding hydrogens is 487 g/mol. The number of anilines is 1. The first-order valence-corrected chi connectivity index (χ1v) is 11.4. The summed E-state index contributed by atoms with van der Waals surface area (Å²) in [6, 6.07) is 9.33. The molecule has 3 aromatic rings. The molecule has 2 aromatic heterocycles. The molecule has 0 unspecified atom stereocenters. The van der Waals surface area contributed by atoms with Crippen molar-refractivity contribution >= 4 is 29.2 Å². The second-order valence-electron chi connectivity index (χ2n) is 8.42. The summed E-state index contributed by atoms with van der Waals surface area (Å²) in [4.78, 5) is 28.6. The zero-order chi connectivity index (χ0) is 24.7. The van der Waals surface area contributed by atoms with Crippen molar-refractivity contribution in [3.8, 4) is 0 Å². The molecule has 184 valence electrons. The van der Waals surface area contributed by atoms with Gasteiger partial charge in [0.15, 0.2) is 17.5 Å². The number of fused-ring (bicyclic) bond motifs is 1. The number of piperazine rings is 1. The van der Waals surface area contributed by atoms with Gasteiger partial charge in [0, 0.05) is 32.6 Å². The van der Waals surface area contributed by atoms with Crippen LogP contribution in [0.1, 0.15) is 45.1 Å². The first-order chi connectivity index (χ1) is 16.7. The lowest BCUT2D eigenvalue weighted by molar-refractivity contribution is -0.173. The van der Waals surface area contributed by atoms with Gasteiger partial charge in [-0.05, 0) is 17.7 Å². The van der Waals surface area contributed by atoms with Crippen molar-refractivity contribution in [2.75, 3.05) is 31.5 Å². The maximum atomic E-state index is 14.0. The van der Waals surface area contributed by atoms with Gasteiger partial charge in [0.25, 0.3) is 11.8 Å². The predicted octanol–water partition coefficient (Wildman–Crippen LogP) is 4.39. The molecule has 1 fully saturated rings. The Labute approximate surface area is 203 Å². The van der Waals surface area contributed by atoms with Crippen molar-refractivity contribution < 1.29 is 27.2 Å². The van der Waals surface area contributed by atoms with Gasteiger partial charge >= 0.3 is 6.18 Å². The topological polar surface area (TPSA) is 83.6 Å². The van der Waals surface area contributed by atoms with Crippen LogP contribution in [0.3, 0.4) is 0 Å². The molecule has 1 aromatic carbocycles. The average molecular weight is 508 g/mol. The Bertz CT molecular complexity index is 1220. The summed E-state index contributed by atoms with van der Waals surface area (Å²) in [5.74, 6) is -0.710. The monoisotopic (exact) mass is 507 g/mol. The Hall–Kier alpha value is -3.47. The van der Waals surface area contributed by atoms with Crippen LogP contribution >= 0.6 is 11.6 Å². The first kappa shape index (κ1) is 23.3. The van der Waals surface area contributed by atoms with E-state index in [2.05, 4.69) is 10.4 Å². The third kappa shape index (κ3) is 4.36. The predicted molar refractivity (Wildman–Crippen MR) is 120 cm³/mol. The van der Waals surface area contributed by atoms with Crippen molar-refractivity contribution in [2.24, 2.45) is 0 Å². The number of nitrogens with one attached hydrogen (secondary N) is 1. The minimum Gasteiger partial charge on any atom is -0.459 e. The molecule has 0 bridgehead atoms. The molecular formula is C23H21ClF3N5O3. The molecule has 2 atom stereocenters. The van der Waals surface area contributed by atoms with Gasteiger partial charge < -0.3 is 19.5 Å². The van der Waals surface area contributed by atoms with Crippen molar-refractivity contribution in [3.63, 3.8) is 0 Å². The standard InChI is InChI=1S/C23H21ClF3N5O3/c24-18-19(22(34)31-10-8-30(9-11-31)21(33)16-7-4-12-35-16)29-32-17(23(25,26)27)13-15(28-20(18)32)14-5-2-1-3-6-14/h1-7,12,15,17,28H,8-11,13H2/t15-,17-/m1/s1. The minimum atomic E-state index is -4.59. The lowest BCUT2D eigenvalue weighted by Gasteiger charge is -2.34. The summed E-state index contributed by atoms with van der Waals surface area (Å²) in [6.45, 7) is 0.866. The Balaban J connectivity index is 1.37. The number of amides is 2. The van der Waals surface area contributed by atoms with Gasteiger partial charge in [0.05, 0.1) is 12.3 Å². The van der Waals surface area contributed by atoms with E-state index in [0.717, 1.165) is 4.68 Å². The maximum Gasteiger partial charge on any atom is 0.410 e. The summed E-state index contributed by atoms with van der Waals surface area (Å²) in [7, 11) is 0. The third-order valence-corrected chi connectivity index (χ3v) is 6.64. The van der Waals surface area contributed by atoms with Crippen LogP contribution in [-0.2, 0) is 0 Å². The number of aromatic nitrogens is 2. The van der Waals surface area contributed by atoms with Crippen LogP contribution in [0.4, 0.5) is 19.0 Å². The van der Waals surface area contributed by atoms with Crippen LogP contribution < -0.4 is 5.32 Å². The Morgan fingerprint density at radius 3 is 2.26 bits per heavy atom. The molecule has 2 aliphatic rings. The lowest BCUT2D eigenvalue weighted by atomic mass is 9.97. The average Bonchev–Trinajstić information content (AvgIpc) is 3.51. The van der Waals surface area contributed by atoms with E-state index in [1.165, 1.54) is 11.2 Å². The van der Waals surface area contributed by atoms with Crippen molar-refractivity contribution in [1.82, 2.24) is 19.6 Å². The molecule has 8 nitrogen and oxygen atoms in total. The molecule has 5 rings (SSSR count). The number of hydrogen-bond donors (Lipinski definition) is 1. The highest BCUT2D eigenvalue weighted by atomic mass is 35.5. The van der Waals surface area contributed by atoms with Gasteiger partial charge in [0.2, 0.25) is 0 Å². The zero-order valence-electron chi connectivity index (χ0n) is 18.3. The fraction of sp³-hybridized carbons (Fsp3) is 0.348. The van der Waals surface area contributed by atoms with E-state index in [1.807, 2.05) is 0 Å². The van der Waals surface area contributed by atoms with Crippen LogP contribution in [0.25, 0.3) is 0 Å². The second kappa shape index (κ2) is 8.95. The SMILES string of the molecule is O=C(c1ccco1)N1CCN(C(=O)c2nn3c(c2Cl)N[C@@H](c2ccccc2)C[C@@H]3C(F)(F)F)CC1. The molecule has 2 aliphatic heterocycles. The molecule has 0 aliphatic carbocycles. The molecule has 12 heteroatoms. The number of benzene rings is 1. The van der Waals surface area contributed by atoms with Crippen molar-refractivity contribution in [3.05, 3.63) is 70.8 Å². The second-order valence-corrected chi connectivity index (χ2v) is 8.80. The normalized spacial score (nSPS) is 20.3. The third-order valence-electron chi connectivity index (χ3n) is 6.29. The quantitative estimate of drug-likeness (QED) is 0.568. The van der Waals surface area contributed by atoms with E-state index in [9.17, 15) is 22.8 Å². The molecule has 2 amide bonds. The summed E-state index contributed by atoms with van der Waals surface area (Å²) in [5, 5.41) is 6.89. The molecule has 1 N–H and O–H groups in total. The summed E-state index contributed by atoms with van der Waals surface area (Å²) in [5.41, 5.74) is 0.429. The molecule has 35 heavy (non-hydrogen) atoms. The molecule has 4 heterocycles. The highest BCUT2D eigenvalue weighted by Crippen LogP contribution is 2.46. The molecule has 1 saturated heterocycles. The smallest absolute Gasteiger partial charge is 0.410 e. The van der Waals surface area contributed by atoms with Crippen LogP contribution in [0, 0.1) is 0 Å². The van der Waals surface area contributed by atoms with E-state index in [-0.39, 0.29) is 60.8 Å². The Kier molecular flexibility index (Phi) is 5.96. The Morgan fingerprint density at radius 2 is 1.66 bits per heavy atom. The van der Waals surface area contributed by atoms with Gasteiger partial charge in [0.1, 0.15) is 10.8 Å². The molecule has 0 saturated carbocycles. The van der Waals surface area contributed by atoms with Crippen LogP contribution in [0.15, 0.2) is 53.1 Å². The van der Waals surface area contributed by atoms with E-state index in [4.69, 9.17) is 16.0 Å². The van der Waals surface area contributed by atoms with E-state index in [1.54, 1.807) is 47.4 Å². The highest BCUT2D eigenvalue weighted by Gasteiger charge is 2.48. The van der Waals surface area contributed by atoms with E-state index in [0.29, 0.717) is 5.56 Å². The number of halogens is 4. The number of rotatable bonds is 3. The van der Waals surface area contributed by atoms with Gasteiger partial charge in [-0.25, -0.2) is 4.68 Å². The van der Waals surface area contributed by atoms with Crippen molar-refractivity contribution in [1.29, 1.82) is 0 Å². The van der Waals surface area contributed by atoms with Gasteiger partial charge in [-0.15, -0.1) is 0 Å². The zero-order valence-corrected chi connectivity index (χ0v) is 19.1. The molecule has 0 radical (unpaired) electrons. The minimum absolute atomic E-state index is 0.0379. The number of carbonyl (C=O) groups excluding carboxylic acids is 2. The molecule has 0 spiro atoms. The van der Waals surface area contributed by atoms with Gasteiger partial charge in [-0.1, -0.05) is 41.9 Å². The van der Waals surface area contributed by atoms with Gasteiger partial charge in [-0.2, -0.15) is 18.3 Å². The largest absolute Gasteiger partial charge is 0.459 e. The fourth-order valence-electron chi connectivity index (χ4n) is 4.45. The summed E-state index contributed by atoms with van der Waals surface area (Å²) >= 11 is 6.43. The van der Waals surface area contributed by atoms with Crippen LogP contribution in [0.5, 0.6) is 0 Å². The lowest BCUT2D eigenvalue weighted by Crippen LogP contribution is -2.50. The number of carbonyl (C=O) groups is 2. The number of hydrogen-bond acceptors (Lipinski definition) is 5. The maximum absolute atomic E-state index is 14.0. The summed E-state index contributed by atoms with van der Waals surface area (Å²) < 4.78 is 47.8. The highest BCUT2D eigenvalue weighted by molar-refractivity contribution is 6.36. The van der Waals surface area contributed by atoms with E-state index < -0.39 is 24.2 Å². The number of furan rings is 1. The Morgan fingerprint density at radius 1 is 1.00 bits per heavy atom. The van der Waals surface area contributed by atoms with Crippen LogP contribution in [-0.4, -0.2) is 63.7 Å². The fourth-order valence-corrected chi connectivity index (χ4v) is 4.71. The van der Waals surface area contributed by atoms with Crippen molar-refractivity contribution in [2.45, 2.75) is 24.7 Å². The van der Waals surface area contributed by atoms with Crippen LogP contribution in [0.2, 0.25) is 5.02 Å². The summed E-state index contributed by atoms with van der Waals surface area (Å²) in [6.07, 6.45) is -3.47. The number of nitrogens with zero attached hydrogens (tertiary/aromatic N) is 4. The number of alkyl halides is 3.